The average molecular weight is 401 g/mol. The average Bonchev–Trinajstić information content (AvgIpc) is 3.24. The van der Waals surface area contributed by atoms with E-state index in [0.29, 0.717) is 37.4 Å². The number of ether oxygens (including phenoxy) is 2. The van der Waals surface area contributed by atoms with E-state index in [9.17, 15) is 9.90 Å². The van der Waals surface area contributed by atoms with E-state index in [-0.39, 0.29) is 16.6 Å². The van der Waals surface area contributed by atoms with Crippen LogP contribution in [0.2, 0.25) is 0 Å². The van der Waals surface area contributed by atoms with Gasteiger partial charge in [-0.15, -0.1) is 0 Å². The van der Waals surface area contributed by atoms with Gasteiger partial charge in [-0.2, -0.15) is 0 Å². The molecule has 6 atom stereocenters. The highest BCUT2D eigenvalue weighted by Gasteiger charge is 2.64. The lowest BCUT2D eigenvalue weighted by Gasteiger charge is -2.59. The van der Waals surface area contributed by atoms with Crippen molar-refractivity contribution in [1.82, 2.24) is 0 Å². The van der Waals surface area contributed by atoms with Gasteiger partial charge in [0.2, 0.25) is 0 Å². The molecule has 1 spiro atoms. The second-order valence-electron chi connectivity index (χ2n) is 10.5. The summed E-state index contributed by atoms with van der Waals surface area (Å²) in [5.41, 5.74) is 0.174. The molecule has 5 heteroatoms. The van der Waals surface area contributed by atoms with Gasteiger partial charge in [-0.1, -0.05) is 31.4 Å². The van der Waals surface area contributed by atoms with Crippen molar-refractivity contribution in [3.05, 3.63) is 11.6 Å². The zero-order valence-electron chi connectivity index (χ0n) is 17.5. The molecule has 0 amide bonds. The van der Waals surface area contributed by atoms with Crippen molar-refractivity contribution in [1.29, 1.82) is 0 Å². The molecule has 0 bridgehead atoms. The smallest absolute Gasteiger partial charge is 0.382 e. The summed E-state index contributed by atoms with van der Waals surface area (Å²) in [5.74, 6) is 4.94. The Labute approximate surface area is 172 Å². The van der Waals surface area contributed by atoms with E-state index in [1.807, 2.05) is 0 Å². The van der Waals surface area contributed by atoms with Gasteiger partial charge >= 0.3 is 5.97 Å². The van der Waals surface area contributed by atoms with Crippen LogP contribution in [0.5, 0.6) is 0 Å². The number of carbonyl (C=O) groups is 1. The Hall–Kier alpha value is -1.35. The van der Waals surface area contributed by atoms with Crippen LogP contribution in [0.25, 0.3) is 0 Å². The highest BCUT2D eigenvalue weighted by Crippen LogP contribution is 2.67. The molecule has 0 aromatic rings. The zero-order chi connectivity index (χ0) is 20.5. The molecule has 4 fully saturated rings. The Morgan fingerprint density at radius 2 is 1.83 bits per heavy atom. The van der Waals surface area contributed by atoms with Crippen LogP contribution in [0, 0.1) is 40.4 Å². The molecule has 2 N–H and O–H groups in total. The van der Waals surface area contributed by atoms with Gasteiger partial charge in [0.15, 0.2) is 5.79 Å². The van der Waals surface area contributed by atoms with Gasteiger partial charge in [0.1, 0.15) is 5.60 Å². The molecular formula is C24H32O5. The number of aliphatic carboxylic acids is 1. The topological polar surface area (TPSA) is 76.0 Å². The molecule has 5 rings (SSSR count). The van der Waals surface area contributed by atoms with Gasteiger partial charge in [0.25, 0.3) is 0 Å². The predicted octanol–water partition coefficient (Wildman–Crippen LogP) is 3.51. The lowest BCUT2D eigenvalue weighted by atomic mass is 9.47. The monoisotopic (exact) mass is 400 g/mol. The van der Waals surface area contributed by atoms with Gasteiger partial charge in [-0.25, -0.2) is 4.79 Å². The fourth-order valence-electron chi connectivity index (χ4n) is 7.73. The van der Waals surface area contributed by atoms with Crippen LogP contribution in [-0.2, 0) is 14.3 Å². The quantitative estimate of drug-likeness (QED) is 0.481. The van der Waals surface area contributed by atoms with Gasteiger partial charge in [-0.05, 0) is 61.7 Å². The maximum Gasteiger partial charge on any atom is 0.382 e. The second-order valence-corrected chi connectivity index (χ2v) is 10.5. The third-order valence-electron chi connectivity index (χ3n) is 9.45. The molecular weight excluding hydrogens is 368 g/mol. The van der Waals surface area contributed by atoms with Crippen LogP contribution in [0.3, 0.4) is 0 Å². The first-order chi connectivity index (χ1) is 13.7. The van der Waals surface area contributed by atoms with Crippen molar-refractivity contribution >= 4 is 5.97 Å². The Kier molecular flexibility index (Phi) is 4.28. The van der Waals surface area contributed by atoms with Gasteiger partial charge < -0.3 is 19.7 Å². The van der Waals surface area contributed by atoms with Crippen LogP contribution < -0.4 is 0 Å². The SMILES string of the molecule is C[C@]12CCC3(CC1=CC[C@@H]1[C@@H]2CC[C@@]2(C)[C@H]1CC[C@@]2(O)C#CC(=O)O)OCCO3. The first-order valence-corrected chi connectivity index (χ1v) is 11.2. The van der Waals surface area contributed by atoms with E-state index >= 15 is 0 Å². The van der Waals surface area contributed by atoms with Crippen molar-refractivity contribution in [2.75, 3.05) is 13.2 Å². The molecule has 5 nitrogen and oxygen atoms in total. The number of allylic oxidation sites excluding steroid dienone is 1. The first kappa shape index (κ1) is 19.6. The van der Waals surface area contributed by atoms with E-state index < -0.39 is 11.6 Å². The summed E-state index contributed by atoms with van der Waals surface area (Å²) in [6, 6.07) is 0. The maximum absolute atomic E-state index is 11.3. The summed E-state index contributed by atoms with van der Waals surface area (Å²) in [7, 11) is 0. The first-order valence-electron chi connectivity index (χ1n) is 11.2. The molecule has 0 aromatic carbocycles. The van der Waals surface area contributed by atoms with Crippen molar-refractivity contribution in [3.8, 4) is 11.8 Å². The van der Waals surface area contributed by atoms with E-state index in [1.54, 1.807) is 0 Å². The number of fused-ring (bicyclic) bond motifs is 5. The minimum Gasteiger partial charge on any atom is -0.472 e. The van der Waals surface area contributed by atoms with Crippen molar-refractivity contribution in [3.63, 3.8) is 0 Å². The Balaban J connectivity index is 1.44. The summed E-state index contributed by atoms with van der Waals surface area (Å²) >= 11 is 0. The summed E-state index contributed by atoms with van der Waals surface area (Å²) in [6.07, 6.45) is 9.90. The normalized spacial score (nSPS) is 47.4. The van der Waals surface area contributed by atoms with Crippen LogP contribution in [0.15, 0.2) is 11.6 Å². The largest absolute Gasteiger partial charge is 0.472 e. The molecule has 0 unspecified atom stereocenters. The summed E-state index contributed by atoms with van der Waals surface area (Å²) in [4.78, 5) is 11.0. The van der Waals surface area contributed by atoms with E-state index in [1.165, 1.54) is 5.57 Å². The van der Waals surface area contributed by atoms with Crippen molar-refractivity contribution in [2.24, 2.45) is 28.6 Å². The zero-order valence-corrected chi connectivity index (χ0v) is 17.5. The molecule has 0 radical (unpaired) electrons. The minimum atomic E-state index is -1.19. The molecule has 4 aliphatic carbocycles. The molecule has 158 valence electrons. The number of carboxylic acids is 1. The molecule has 3 saturated carbocycles. The van der Waals surface area contributed by atoms with Gasteiger partial charge in [0, 0.05) is 24.2 Å². The summed E-state index contributed by atoms with van der Waals surface area (Å²) < 4.78 is 12.0. The van der Waals surface area contributed by atoms with E-state index in [4.69, 9.17) is 14.6 Å². The Bertz CT molecular complexity index is 815. The molecule has 5 aliphatic rings. The van der Waals surface area contributed by atoms with Crippen LogP contribution in [0.1, 0.15) is 65.2 Å². The van der Waals surface area contributed by atoms with Gasteiger partial charge in [0.05, 0.1) is 13.2 Å². The lowest BCUT2D eigenvalue weighted by Crippen LogP contribution is -2.55. The number of aliphatic hydroxyl groups is 1. The lowest BCUT2D eigenvalue weighted by molar-refractivity contribution is -0.186. The van der Waals surface area contributed by atoms with Crippen LogP contribution >= 0.6 is 0 Å². The summed E-state index contributed by atoms with van der Waals surface area (Å²) in [6.45, 7) is 5.99. The second kappa shape index (κ2) is 6.33. The number of hydrogen-bond acceptors (Lipinski definition) is 4. The number of hydrogen-bond donors (Lipinski definition) is 2. The third kappa shape index (κ3) is 2.69. The Morgan fingerprint density at radius 1 is 1.10 bits per heavy atom. The predicted molar refractivity (Wildman–Crippen MR) is 107 cm³/mol. The Morgan fingerprint density at radius 3 is 2.55 bits per heavy atom. The molecule has 29 heavy (non-hydrogen) atoms. The standard InChI is InChI=1S/C24H32O5/c1-21-11-12-24(28-13-14-29-24)15-16(21)3-4-17-18(21)5-8-22(2)19(17)6-9-23(22,27)10-7-20(25)26/h3,17-19,27H,4-6,8-9,11-15H2,1-2H3,(H,25,26)/t17-,18+,19+,21+,22+,23-/m1/s1. The fourth-order valence-corrected chi connectivity index (χ4v) is 7.73. The van der Waals surface area contributed by atoms with Crippen molar-refractivity contribution < 1.29 is 24.5 Å². The molecule has 1 saturated heterocycles. The van der Waals surface area contributed by atoms with Gasteiger partial charge in [-0.3, -0.25) is 0 Å². The maximum atomic E-state index is 11.3. The third-order valence-corrected chi connectivity index (χ3v) is 9.45. The molecule has 1 heterocycles. The highest BCUT2D eigenvalue weighted by molar-refractivity contribution is 5.86. The summed E-state index contributed by atoms with van der Waals surface area (Å²) in [5, 5.41) is 20.3. The van der Waals surface area contributed by atoms with Crippen molar-refractivity contribution in [2.45, 2.75) is 76.6 Å². The van der Waals surface area contributed by atoms with E-state index in [0.717, 1.165) is 44.9 Å². The number of carboxylic acid groups (broad SMARTS) is 1. The highest BCUT2D eigenvalue weighted by atomic mass is 16.7. The van der Waals surface area contributed by atoms with E-state index in [2.05, 4.69) is 31.8 Å². The van der Waals surface area contributed by atoms with Crippen LogP contribution in [0.4, 0.5) is 0 Å². The molecule has 1 aliphatic heterocycles. The minimum absolute atomic E-state index is 0.179. The number of rotatable bonds is 0. The van der Waals surface area contributed by atoms with Crippen LogP contribution in [-0.4, -0.2) is 40.8 Å². The molecule has 0 aromatic heterocycles. The fraction of sp³-hybridized carbons (Fsp3) is 0.792.